The van der Waals surface area contributed by atoms with E-state index < -0.39 is 4.92 Å². The van der Waals surface area contributed by atoms with Crippen LogP contribution >= 0.6 is 11.3 Å². The van der Waals surface area contributed by atoms with Crippen molar-refractivity contribution in [2.75, 3.05) is 12.4 Å². The van der Waals surface area contributed by atoms with E-state index in [1.807, 2.05) is 30.3 Å². The van der Waals surface area contributed by atoms with Gasteiger partial charge in [-0.3, -0.25) is 14.9 Å². The van der Waals surface area contributed by atoms with Crippen molar-refractivity contribution in [2.45, 2.75) is 12.8 Å². The van der Waals surface area contributed by atoms with E-state index in [1.54, 1.807) is 0 Å². The van der Waals surface area contributed by atoms with Gasteiger partial charge >= 0.3 is 0 Å². The number of non-ortho nitro benzene ring substituents is 1. The first-order chi connectivity index (χ1) is 12.1. The van der Waals surface area contributed by atoms with E-state index in [0.717, 1.165) is 5.56 Å². The number of methoxy groups -OCH3 is 1. The van der Waals surface area contributed by atoms with Crippen LogP contribution in [-0.2, 0) is 11.2 Å². The van der Waals surface area contributed by atoms with Crippen LogP contribution in [-0.4, -0.2) is 22.9 Å². The second-order valence-electron chi connectivity index (χ2n) is 5.30. The minimum Gasteiger partial charge on any atom is -0.494 e. The van der Waals surface area contributed by atoms with E-state index in [0.29, 0.717) is 33.9 Å². The van der Waals surface area contributed by atoms with Crippen LogP contribution in [0.25, 0.3) is 10.2 Å². The molecule has 0 fully saturated rings. The van der Waals surface area contributed by atoms with E-state index in [-0.39, 0.29) is 11.6 Å². The van der Waals surface area contributed by atoms with E-state index >= 15 is 0 Å². The molecule has 1 N–H and O–H groups in total. The van der Waals surface area contributed by atoms with Crippen LogP contribution in [0.5, 0.6) is 5.75 Å². The summed E-state index contributed by atoms with van der Waals surface area (Å²) in [6.45, 7) is 0. The molecule has 0 aliphatic carbocycles. The smallest absolute Gasteiger partial charge is 0.274 e. The Bertz CT molecular complexity index is 924. The van der Waals surface area contributed by atoms with Crippen molar-refractivity contribution in [3.63, 3.8) is 0 Å². The number of aryl methyl sites for hydroxylation is 1. The van der Waals surface area contributed by atoms with Crippen molar-refractivity contribution < 1.29 is 14.5 Å². The van der Waals surface area contributed by atoms with Crippen molar-refractivity contribution in [3.8, 4) is 5.75 Å². The standard InChI is InChI=1S/C17H15N3O4S/c1-24-13-9-12(20(22)23)10-14-16(13)19-17(25-14)18-15(21)8-7-11-5-3-2-4-6-11/h2-6,9-10H,7-8H2,1H3,(H,18,19,21). The summed E-state index contributed by atoms with van der Waals surface area (Å²) >= 11 is 1.18. The molecule has 0 unspecified atom stereocenters. The molecule has 1 amide bonds. The lowest BCUT2D eigenvalue weighted by Crippen LogP contribution is -2.12. The number of benzene rings is 2. The number of carbonyl (C=O) groups is 1. The predicted molar refractivity (Wildman–Crippen MR) is 96.2 cm³/mol. The van der Waals surface area contributed by atoms with Gasteiger partial charge in [0.1, 0.15) is 5.52 Å². The van der Waals surface area contributed by atoms with Crippen LogP contribution in [0.3, 0.4) is 0 Å². The number of nitro groups is 1. The van der Waals surface area contributed by atoms with Gasteiger partial charge in [-0.1, -0.05) is 41.7 Å². The number of hydrogen-bond donors (Lipinski definition) is 1. The fourth-order valence-corrected chi connectivity index (χ4v) is 3.32. The molecule has 7 nitrogen and oxygen atoms in total. The van der Waals surface area contributed by atoms with Crippen LogP contribution in [0.15, 0.2) is 42.5 Å². The molecule has 0 aliphatic rings. The number of thiazole rings is 1. The molecule has 0 radical (unpaired) electrons. The summed E-state index contributed by atoms with van der Waals surface area (Å²) in [7, 11) is 1.43. The Kier molecular flexibility index (Phi) is 4.90. The summed E-state index contributed by atoms with van der Waals surface area (Å²) in [5.41, 5.74) is 1.51. The molecule has 2 aromatic carbocycles. The van der Waals surface area contributed by atoms with Gasteiger partial charge in [0, 0.05) is 12.5 Å². The fraction of sp³-hybridized carbons (Fsp3) is 0.176. The Morgan fingerprint density at radius 2 is 2.08 bits per heavy atom. The lowest BCUT2D eigenvalue weighted by Gasteiger charge is -2.02. The van der Waals surface area contributed by atoms with Crippen LogP contribution in [0.4, 0.5) is 10.8 Å². The molecule has 1 heterocycles. The van der Waals surface area contributed by atoms with Crippen LogP contribution in [0.1, 0.15) is 12.0 Å². The molecule has 0 saturated heterocycles. The monoisotopic (exact) mass is 357 g/mol. The van der Waals surface area contributed by atoms with Gasteiger partial charge in [0.05, 0.1) is 22.8 Å². The number of anilines is 1. The average molecular weight is 357 g/mol. The maximum Gasteiger partial charge on any atom is 0.274 e. The molecule has 0 spiro atoms. The topological polar surface area (TPSA) is 94.4 Å². The Hall–Kier alpha value is -3.00. The second kappa shape index (κ2) is 7.27. The van der Waals surface area contributed by atoms with Crippen LogP contribution in [0.2, 0.25) is 0 Å². The summed E-state index contributed by atoms with van der Waals surface area (Å²) in [6, 6.07) is 12.5. The lowest BCUT2D eigenvalue weighted by atomic mass is 10.1. The third kappa shape index (κ3) is 3.92. The first-order valence-electron chi connectivity index (χ1n) is 7.53. The quantitative estimate of drug-likeness (QED) is 0.535. The molecule has 3 rings (SSSR count). The maximum atomic E-state index is 12.1. The number of nitrogens with zero attached hydrogens (tertiary/aromatic N) is 2. The van der Waals surface area contributed by atoms with Gasteiger partial charge in [0.25, 0.3) is 5.69 Å². The largest absolute Gasteiger partial charge is 0.494 e. The summed E-state index contributed by atoms with van der Waals surface area (Å²) in [4.78, 5) is 26.9. The summed E-state index contributed by atoms with van der Waals surface area (Å²) in [5.74, 6) is 0.154. The van der Waals surface area contributed by atoms with Gasteiger partial charge in [-0.05, 0) is 12.0 Å². The maximum absolute atomic E-state index is 12.1. The number of nitrogens with one attached hydrogen (secondary N) is 1. The number of fused-ring (bicyclic) bond motifs is 1. The minimum atomic E-state index is -0.486. The third-order valence-corrected chi connectivity index (χ3v) is 4.52. The van der Waals surface area contributed by atoms with Gasteiger partial charge in [0.2, 0.25) is 5.91 Å². The number of rotatable bonds is 6. The van der Waals surface area contributed by atoms with E-state index in [4.69, 9.17) is 4.74 Å². The zero-order chi connectivity index (χ0) is 17.8. The van der Waals surface area contributed by atoms with Gasteiger partial charge in [0.15, 0.2) is 10.9 Å². The zero-order valence-electron chi connectivity index (χ0n) is 13.4. The molecule has 0 aliphatic heterocycles. The molecule has 8 heteroatoms. The van der Waals surface area contributed by atoms with Crippen molar-refractivity contribution in [1.29, 1.82) is 0 Å². The zero-order valence-corrected chi connectivity index (χ0v) is 14.2. The normalized spacial score (nSPS) is 10.6. The highest BCUT2D eigenvalue weighted by atomic mass is 32.1. The molecule has 128 valence electrons. The van der Waals surface area contributed by atoms with Gasteiger partial charge < -0.3 is 10.1 Å². The fourth-order valence-electron chi connectivity index (χ4n) is 2.38. The van der Waals surface area contributed by atoms with Crippen molar-refractivity contribution in [2.24, 2.45) is 0 Å². The lowest BCUT2D eigenvalue weighted by molar-refractivity contribution is -0.384. The van der Waals surface area contributed by atoms with Crippen LogP contribution in [0, 0.1) is 10.1 Å². The molecule has 25 heavy (non-hydrogen) atoms. The Labute approximate surface area is 147 Å². The Morgan fingerprint density at radius 3 is 2.76 bits per heavy atom. The van der Waals surface area contributed by atoms with Crippen LogP contribution < -0.4 is 10.1 Å². The molecular weight excluding hydrogens is 342 g/mol. The second-order valence-corrected chi connectivity index (χ2v) is 6.34. The molecule has 1 aromatic heterocycles. The predicted octanol–water partition coefficient (Wildman–Crippen LogP) is 3.78. The SMILES string of the molecule is COc1cc([N+](=O)[O-])cc2sc(NC(=O)CCc3ccccc3)nc12. The van der Waals surface area contributed by atoms with E-state index in [1.165, 1.54) is 30.6 Å². The van der Waals surface area contributed by atoms with E-state index in [2.05, 4.69) is 10.3 Å². The van der Waals surface area contributed by atoms with Crippen molar-refractivity contribution in [3.05, 3.63) is 58.1 Å². The molecular formula is C17H15N3O4S. The molecule has 0 bridgehead atoms. The first-order valence-corrected chi connectivity index (χ1v) is 8.35. The number of ether oxygens (including phenoxy) is 1. The molecule has 3 aromatic rings. The highest BCUT2D eigenvalue weighted by Crippen LogP contribution is 2.36. The minimum absolute atomic E-state index is 0.0741. The first kappa shape index (κ1) is 16.8. The number of amides is 1. The highest BCUT2D eigenvalue weighted by molar-refractivity contribution is 7.22. The number of hydrogen-bond acceptors (Lipinski definition) is 6. The Morgan fingerprint density at radius 1 is 1.32 bits per heavy atom. The number of carbonyl (C=O) groups excluding carboxylic acids is 1. The summed E-state index contributed by atoms with van der Waals surface area (Å²) in [5, 5.41) is 14.1. The third-order valence-electron chi connectivity index (χ3n) is 3.61. The van der Waals surface area contributed by atoms with Gasteiger partial charge in [-0.2, -0.15) is 0 Å². The number of aromatic nitrogens is 1. The highest BCUT2D eigenvalue weighted by Gasteiger charge is 2.17. The van der Waals surface area contributed by atoms with E-state index in [9.17, 15) is 14.9 Å². The molecule has 0 saturated carbocycles. The summed E-state index contributed by atoms with van der Waals surface area (Å²) in [6.07, 6.45) is 0.962. The van der Waals surface area contributed by atoms with Crippen molar-refractivity contribution >= 4 is 38.3 Å². The summed E-state index contributed by atoms with van der Waals surface area (Å²) < 4.78 is 5.76. The van der Waals surface area contributed by atoms with Crippen molar-refractivity contribution in [1.82, 2.24) is 4.98 Å². The van der Waals surface area contributed by atoms with Gasteiger partial charge in [-0.25, -0.2) is 4.98 Å². The Balaban J connectivity index is 1.75. The average Bonchev–Trinajstić information content (AvgIpc) is 3.02. The number of nitro benzene ring substituents is 1. The molecule has 0 atom stereocenters. The van der Waals surface area contributed by atoms with Gasteiger partial charge in [-0.15, -0.1) is 0 Å².